The van der Waals surface area contributed by atoms with Crippen molar-refractivity contribution in [2.45, 2.75) is 123 Å². The second-order valence-corrected chi connectivity index (χ2v) is 10.8. The number of rotatable bonds is 19. The lowest BCUT2D eigenvalue weighted by Crippen LogP contribution is -2.39. The highest BCUT2D eigenvalue weighted by molar-refractivity contribution is 6.66. The van der Waals surface area contributed by atoms with E-state index >= 15 is 0 Å². The second kappa shape index (κ2) is 17.9. The maximum Gasteiger partial charge on any atom is 0.334 e. The summed E-state index contributed by atoms with van der Waals surface area (Å²) in [6.07, 6.45) is 19.1. The van der Waals surface area contributed by atoms with Crippen LogP contribution < -0.4 is 0 Å². The van der Waals surface area contributed by atoms with Crippen molar-refractivity contribution in [2.75, 3.05) is 13.2 Å². The zero-order valence-electron chi connectivity index (χ0n) is 17.3. The molecule has 0 N–H and O–H groups in total. The van der Waals surface area contributed by atoms with Crippen LogP contribution in [0.5, 0.6) is 0 Å². The zero-order chi connectivity index (χ0) is 17.9. The van der Waals surface area contributed by atoms with Crippen molar-refractivity contribution in [3.05, 3.63) is 0 Å². The lowest BCUT2D eigenvalue weighted by Gasteiger charge is -2.27. The molecule has 0 radical (unpaired) electrons. The summed E-state index contributed by atoms with van der Waals surface area (Å²) in [6.45, 7) is 10.6. The fraction of sp³-hybridized carbons (Fsp3) is 1.00. The Hall–Kier alpha value is 0.137. The minimum Gasteiger partial charge on any atom is -0.394 e. The number of hydrogen-bond acceptors (Lipinski definition) is 2. The van der Waals surface area contributed by atoms with Crippen molar-refractivity contribution in [1.29, 1.82) is 0 Å². The van der Waals surface area contributed by atoms with Crippen LogP contribution in [0.4, 0.5) is 0 Å². The quantitative estimate of drug-likeness (QED) is 0.175. The molecule has 0 atom stereocenters. The van der Waals surface area contributed by atoms with Crippen LogP contribution in [0.1, 0.15) is 111 Å². The van der Waals surface area contributed by atoms with Gasteiger partial charge in [0.25, 0.3) is 0 Å². The molecule has 0 aromatic carbocycles. The molecule has 0 aliphatic heterocycles. The van der Waals surface area contributed by atoms with Gasteiger partial charge in [0, 0.05) is 13.2 Å². The highest BCUT2D eigenvalue weighted by Gasteiger charge is 2.30. The Kier molecular flexibility index (Phi) is 18.0. The molecular weight excluding hydrogens is 312 g/mol. The van der Waals surface area contributed by atoms with Gasteiger partial charge in [0.05, 0.1) is 0 Å². The first-order chi connectivity index (χ1) is 11.7. The van der Waals surface area contributed by atoms with Crippen molar-refractivity contribution in [2.24, 2.45) is 0 Å². The first-order valence-electron chi connectivity index (χ1n) is 11.0. The van der Waals surface area contributed by atoms with Gasteiger partial charge in [-0.15, -0.1) is 0 Å². The molecule has 24 heavy (non-hydrogen) atoms. The maximum atomic E-state index is 6.10. The van der Waals surface area contributed by atoms with Crippen molar-refractivity contribution in [1.82, 2.24) is 0 Å². The summed E-state index contributed by atoms with van der Waals surface area (Å²) in [6, 6.07) is 1.17. The fourth-order valence-electron chi connectivity index (χ4n) is 3.11. The van der Waals surface area contributed by atoms with Crippen LogP contribution in [0.15, 0.2) is 0 Å². The predicted molar refractivity (Wildman–Crippen MR) is 110 cm³/mol. The molecule has 0 rings (SSSR count). The Balaban J connectivity index is 3.50. The van der Waals surface area contributed by atoms with Gasteiger partial charge in [-0.3, -0.25) is 0 Å². The van der Waals surface area contributed by atoms with Crippen molar-refractivity contribution < 1.29 is 8.85 Å². The van der Waals surface area contributed by atoms with Crippen molar-refractivity contribution in [3.8, 4) is 0 Å². The minimum atomic E-state index is -1.89. The number of unbranched alkanes of at least 4 members (excludes halogenated alkanes) is 11. The molecule has 0 amide bonds. The van der Waals surface area contributed by atoms with E-state index in [-0.39, 0.29) is 0 Å². The van der Waals surface area contributed by atoms with Crippen LogP contribution in [0.2, 0.25) is 12.6 Å². The van der Waals surface area contributed by atoms with E-state index in [1.165, 1.54) is 83.1 Å². The fourth-order valence-corrected chi connectivity index (χ4v) is 5.65. The molecular formula is C21H46O2Si. The first-order valence-corrected chi connectivity index (χ1v) is 13.5. The van der Waals surface area contributed by atoms with Crippen molar-refractivity contribution in [3.63, 3.8) is 0 Å². The maximum absolute atomic E-state index is 6.10. The molecule has 0 unspecified atom stereocenters. The highest BCUT2D eigenvalue weighted by Crippen LogP contribution is 2.20. The summed E-state index contributed by atoms with van der Waals surface area (Å²) in [7, 11) is -1.89. The Labute approximate surface area is 154 Å². The van der Waals surface area contributed by atoms with Crippen LogP contribution in [-0.4, -0.2) is 21.8 Å². The Bertz CT molecular complexity index is 238. The monoisotopic (exact) mass is 358 g/mol. The van der Waals surface area contributed by atoms with Gasteiger partial charge in [0.15, 0.2) is 0 Å². The summed E-state index contributed by atoms with van der Waals surface area (Å²) in [5.74, 6) is 0. The lowest BCUT2D eigenvalue weighted by molar-refractivity contribution is 0.172. The molecule has 0 aromatic rings. The van der Waals surface area contributed by atoms with Gasteiger partial charge in [-0.1, -0.05) is 97.8 Å². The third-order valence-corrected chi connectivity index (χ3v) is 7.60. The van der Waals surface area contributed by atoms with E-state index in [9.17, 15) is 0 Å². The highest BCUT2D eigenvalue weighted by atomic mass is 28.4. The van der Waals surface area contributed by atoms with Gasteiger partial charge in [0.1, 0.15) is 0 Å². The first kappa shape index (κ1) is 24.1. The smallest absolute Gasteiger partial charge is 0.334 e. The third kappa shape index (κ3) is 15.7. The summed E-state index contributed by atoms with van der Waals surface area (Å²) >= 11 is 0. The molecule has 146 valence electrons. The molecule has 0 fully saturated rings. The van der Waals surface area contributed by atoms with Crippen LogP contribution >= 0.6 is 0 Å². The van der Waals surface area contributed by atoms with E-state index in [0.717, 1.165) is 26.1 Å². The standard InChI is InChI=1S/C21H46O2Si/c1-5-8-9-10-11-12-13-14-15-16-17-18-21-24(4,22-19-6-2)23-20-7-3/h5-21H2,1-4H3. The van der Waals surface area contributed by atoms with Crippen LogP contribution in [0, 0.1) is 0 Å². The van der Waals surface area contributed by atoms with Crippen LogP contribution in [0.25, 0.3) is 0 Å². The molecule has 0 saturated carbocycles. The molecule has 0 heterocycles. The average Bonchev–Trinajstić information content (AvgIpc) is 2.59. The minimum absolute atomic E-state index is 0.866. The Morgan fingerprint density at radius 3 is 1.25 bits per heavy atom. The summed E-state index contributed by atoms with van der Waals surface area (Å²) in [5, 5.41) is 0. The van der Waals surface area contributed by atoms with E-state index in [1.54, 1.807) is 0 Å². The lowest BCUT2D eigenvalue weighted by atomic mass is 10.1. The van der Waals surface area contributed by atoms with Crippen molar-refractivity contribution >= 4 is 8.56 Å². The van der Waals surface area contributed by atoms with E-state index in [0.29, 0.717) is 0 Å². The normalized spacial score (nSPS) is 12.0. The SMILES string of the molecule is CCCCCCCCCCCCCC[Si](C)(OCCC)OCCC. The van der Waals surface area contributed by atoms with E-state index in [1.807, 2.05) is 0 Å². The molecule has 2 nitrogen and oxygen atoms in total. The van der Waals surface area contributed by atoms with E-state index in [4.69, 9.17) is 8.85 Å². The molecule has 0 aliphatic carbocycles. The predicted octanol–water partition coefficient (Wildman–Crippen LogP) is 7.61. The molecule has 0 spiro atoms. The largest absolute Gasteiger partial charge is 0.394 e. The number of hydrogen-bond donors (Lipinski definition) is 0. The van der Waals surface area contributed by atoms with E-state index in [2.05, 4.69) is 27.3 Å². The average molecular weight is 359 g/mol. The molecule has 0 bridgehead atoms. The summed E-state index contributed by atoms with van der Waals surface area (Å²) in [4.78, 5) is 0. The van der Waals surface area contributed by atoms with Crippen LogP contribution in [-0.2, 0) is 8.85 Å². The third-order valence-electron chi connectivity index (χ3n) is 4.71. The van der Waals surface area contributed by atoms with E-state index < -0.39 is 8.56 Å². The van der Waals surface area contributed by atoms with Gasteiger partial charge in [-0.05, 0) is 25.4 Å². The zero-order valence-corrected chi connectivity index (χ0v) is 18.3. The van der Waals surface area contributed by atoms with Gasteiger partial charge >= 0.3 is 8.56 Å². The van der Waals surface area contributed by atoms with Crippen LogP contribution in [0.3, 0.4) is 0 Å². The molecule has 3 heteroatoms. The van der Waals surface area contributed by atoms with Gasteiger partial charge in [-0.25, -0.2) is 0 Å². The Morgan fingerprint density at radius 1 is 0.500 bits per heavy atom. The summed E-state index contributed by atoms with van der Waals surface area (Å²) < 4.78 is 12.2. The molecule has 0 saturated heterocycles. The topological polar surface area (TPSA) is 18.5 Å². The van der Waals surface area contributed by atoms with Gasteiger partial charge in [-0.2, -0.15) is 0 Å². The Morgan fingerprint density at radius 2 is 0.875 bits per heavy atom. The van der Waals surface area contributed by atoms with Gasteiger partial charge < -0.3 is 8.85 Å². The molecule has 0 aliphatic rings. The molecule has 0 aromatic heterocycles. The summed E-state index contributed by atoms with van der Waals surface area (Å²) in [5.41, 5.74) is 0. The second-order valence-electron chi connectivity index (χ2n) is 7.47. The van der Waals surface area contributed by atoms with Gasteiger partial charge in [0.2, 0.25) is 0 Å².